The summed E-state index contributed by atoms with van der Waals surface area (Å²) < 4.78 is 0. The van der Waals surface area contributed by atoms with Crippen LogP contribution in [0, 0.1) is 0 Å². The van der Waals surface area contributed by atoms with E-state index in [9.17, 15) is 0 Å². The van der Waals surface area contributed by atoms with E-state index >= 15 is 0 Å². The number of benzene rings is 1. The number of rotatable bonds is 0. The molecule has 1 aromatic carbocycles. The van der Waals surface area contributed by atoms with E-state index in [2.05, 4.69) is 29.6 Å². The van der Waals surface area contributed by atoms with Gasteiger partial charge in [-0.1, -0.05) is 18.2 Å². The van der Waals surface area contributed by atoms with Crippen molar-refractivity contribution in [2.24, 2.45) is 0 Å². The van der Waals surface area contributed by atoms with Crippen LogP contribution >= 0.6 is 11.8 Å². The Balaban J connectivity index is 2.04. The van der Waals surface area contributed by atoms with Gasteiger partial charge in [0, 0.05) is 4.90 Å². The first-order valence-electron chi connectivity index (χ1n) is 5.84. The molecule has 0 unspecified atom stereocenters. The number of thioether (sulfide) groups is 1. The Labute approximate surface area is 95.6 Å². The second-order valence-electron chi connectivity index (χ2n) is 4.62. The van der Waals surface area contributed by atoms with Crippen LogP contribution in [0.3, 0.4) is 0 Å². The topological polar surface area (TPSA) is 12.0 Å². The van der Waals surface area contributed by atoms with Crippen molar-refractivity contribution in [3.63, 3.8) is 0 Å². The maximum atomic E-state index is 3.48. The molecule has 0 aromatic heterocycles. The standard InChI is InChI=1S/C13H17NS/c1-2-4-12-11(3-1)13(7-10-15-12)5-8-14-9-6-13/h1-4,14H,5-10H2. The molecule has 1 fully saturated rings. The molecule has 0 atom stereocenters. The summed E-state index contributed by atoms with van der Waals surface area (Å²) in [6.45, 7) is 2.39. The molecule has 15 heavy (non-hydrogen) atoms. The zero-order chi connectivity index (χ0) is 10.1. The molecule has 2 heteroatoms. The molecule has 1 N–H and O–H groups in total. The van der Waals surface area contributed by atoms with Gasteiger partial charge >= 0.3 is 0 Å². The smallest absolute Gasteiger partial charge is 0.0110 e. The highest BCUT2D eigenvalue weighted by molar-refractivity contribution is 7.99. The zero-order valence-electron chi connectivity index (χ0n) is 8.96. The summed E-state index contributed by atoms with van der Waals surface area (Å²) in [5.41, 5.74) is 2.13. The molecular weight excluding hydrogens is 202 g/mol. The zero-order valence-corrected chi connectivity index (χ0v) is 9.78. The van der Waals surface area contributed by atoms with Crippen LogP contribution < -0.4 is 5.32 Å². The average Bonchev–Trinajstić information content (AvgIpc) is 2.31. The quantitative estimate of drug-likeness (QED) is 0.720. The van der Waals surface area contributed by atoms with E-state index in [-0.39, 0.29) is 0 Å². The third-order valence-electron chi connectivity index (χ3n) is 3.86. The molecule has 1 saturated heterocycles. The summed E-state index contributed by atoms with van der Waals surface area (Å²) >= 11 is 2.04. The van der Waals surface area contributed by atoms with Crippen LogP contribution in [0.2, 0.25) is 0 Å². The molecule has 1 spiro atoms. The van der Waals surface area contributed by atoms with Crippen LogP contribution in [0.15, 0.2) is 29.2 Å². The summed E-state index contributed by atoms with van der Waals surface area (Å²) in [6.07, 6.45) is 4.02. The lowest BCUT2D eigenvalue weighted by Crippen LogP contribution is -2.41. The van der Waals surface area contributed by atoms with Gasteiger partial charge in [0.25, 0.3) is 0 Å². The van der Waals surface area contributed by atoms with Gasteiger partial charge in [-0.2, -0.15) is 0 Å². The minimum atomic E-state index is 0.507. The van der Waals surface area contributed by atoms with Crippen molar-refractivity contribution in [2.45, 2.75) is 29.6 Å². The van der Waals surface area contributed by atoms with Crippen LogP contribution in [0.25, 0.3) is 0 Å². The Morgan fingerprint density at radius 2 is 1.87 bits per heavy atom. The first kappa shape index (κ1) is 9.73. The second kappa shape index (κ2) is 3.84. The van der Waals surface area contributed by atoms with E-state index in [0.29, 0.717) is 5.41 Å². The normalized spacial score (nSPS) is 23.7. The number of nitrogens with one attached hydrogen (secondary N) is 1. The van der Waals surface area contributed by atoms with Crippen molar-refractivity contribution < 1.29 is 0 Å². The molecule has 2 heterocycles. The monoisotopic (exact) mass is 219 g/mol. The Morgan fingerprint density at radius 3 is 2.73 bits per heavy atom. The fraction of sp³-hybridized carbons (Fsp3) is 0.538. The fourth-order valence-electron chi connectivity index (χ4n) is 2.95. The lowest BCUT2D eigenvalue weighted by Gasteiger charge is -2.42. The first-order valence-corrected chi connectivity index (χ1v) is 6.82. The van der Waals surface area contributed by atoms with Crippen molar-refractivity contribution in [1.29, 1.82) is 0 Å². The van der Waals surface area contributed by atoms with Gasteiger partial charge in [0.15, 0.2) is 0 Å². The van der Waals surface area contributed by atoms with Crippen LogP contribution in [-0.4, -0.2) is 18.8 Å². The fourth-order valence-corrected chi connectivity index (χ4v) is 4.27. The summed E-state index contributed by atoms with van der Waals surface area (Å²) in [7, 11) is 0. The Bertz CT molecular complexity index is 355. The van der Waals surface area contributed by atoms with Gasteiger partial charge in [0.1, 0.15) is 0 Å². The van der Waals surface area contributed by atoms with Gasteiger partial charge in [-0.3, -0.25) is 0 Å². The Hall–Kier alpha value is -0.470. The van der Waals surface area contributed by atoms with Crippen LogP contribution in [0.4, 0.5) is 0 Å². The SMILES string of the molecule is c1ccc2c(c1)SCCC21CCNCC1. The highest BCUT2D eigenvalue weighted by Gasteiger charge is 2.37. The molecule has 0 aliphatic carbocycles. The molecule has 2 aliphatic heterocycles. The van der Waals surface area contributed by atoms with Crippen molar-refractivity contribution in [2.75, 3.05) is 18.8 Å². The number of hydrogen-bond acceptors (Lipinski definition) is 2. The van der Waals surface area contributed by atoms with E-state index in [4.69, 9.17) is 0 Å². The summed E-state index contributed by atoms with van der Waals surface area (Å²) in [5, 5.41) is 3.48. The van der Waals surface area contributed by atoms with Gasteiger partial charge in [0.05, 0.1) is 0 Å². The van der Waals surface area contributed by atoms with Gasteiger partial charge in [0.2, 0.25) is 0 Å². The first-order chi connectivity index (χ1) is 7.41. The lowest BCUT2D eigenvalue weighted by atomic mass is 9.71. The van der Waals surface area contributed by atoms with Crippen molar-refractivity contribution >= 4 is 11.8 Å². The average molecular weight is 219 g/mol. The Morgan fingerprint density at radius 1 is 1.07 bits per heavy atom. The minimum absolute atomic E-state index is 0.507. The van der Waals surface area contributed by atoms with E-state index in [1.165, 1.54) is 43.0 Å². The van der Waals surface area contributed by atoms with Crippen LogP contribution in [0.1, 0.15) is 24.8 Å². The highest BCUT2D eigenvalue weighted by atomic mass is 32.2. The largest absolute Gasteiger partial charge is 0.317 e. The molecule has 80 valence electrons. The molecule has 2 aliphatic rings. The Kier molecular flexibility index (Phi) is 2.49. The van der Waals surface area contributed by atoms with E-state index in [1.807, 2.05) is 11.8 Å². The minimum Gasteiger partial charge on any atom is -0.317 e. The summed E-state index contributed by atoms with van der Waals surface area (Å²) in [5.74, 6) is 1.30. The highest BCUT2D eigenvalue weighted by Crippen LogP contribution is 2.46. The second-order valence-corrected chi connectivity index (χ2v) is 5.76. The maximum Gasteiger partial charge on any atom is 0.0110 e. The lowest BCUT2D eigenvalue weighted by molar-refractivity contribution is 0.292. The van der Waals surface area contributed by atoms with Crippen LogP contribution in [0.5, 0.6) is 0 Å². The van der Waals surface area contributed by atoms with Crippen molar-refractivity contribution in [3.05, 3.63) is 29.8 Å². The van der Waals surface area contributed by atoms with Gasteiger partial charge < -0.3 is 5.32 Å². The number of fused-ring (bicyclic) bond motifs is 2. The predicted octanol–water partition coefficient (Wildman–Crippen LogP) is 2.80. The molecular formula is C13H17NS. The molecule has 0 amide bonds. The van der Waals surface area contributed by atoms with Crippen molar-refractivity contribution in [1.82, 2.24) is 5.32 Å². The predicted molar refractivity (Wildman–Crippen MR) is 65.6 cm³/mol. The van der Waals surface area contributed by atoms with Crippen LogP contribution in [-0.2, 0) is 5.41 Å². The number of piperidine rings is 1. The van der Waals surface area contributed by atoms with E-state index < -0.39 is 0 Å². The molecule has 1 aromatic rings. The summed E-state index contributed by atoms with van der Waals surface area (Å²) in [4.78, 5) is 1.53. The van der Waals surface area contributed by atoms with Gasteiger partial charge in [-0.25, -0.2) is 0 Å². The van der Waals surface area contributed by atoms with E-state index in [0.717, 1.165) is 0 Å². The molecule has 1 nitrogen and oxygen atoms in total. The van der Waals surface area contributed by atoms with Crippen molar-refractivity contribution in [3.8, 4) is 0 Å². The maximum absolute atomic E-state index is 3.48. The molecule has 0 radical (unpaired) electrons. The van der Waals surface area contributed by atoms with Gasteiger partial charge in [-0.15, -0.1) is 11.8 Å². The van der Waals surface area contributed by atoms with Gasteiger partial charge in [-0.05, 0) is 55.1 Å². The number of hydrogen-bond donors (Lipinski definition) is 1. The van der Waals surface area contributed by atoms with E-state index in [1.54, 1.807) is 5.56 Å². The third-order valence-corrected chi connectivity index (χ3v) is 4.93. The third kappa shape index (κ3) is 1.60. The molecule has 0 bridgehead atoms. The molecule has 0 saturated carbocycles. The summed E-state index contributed by atoms with van der Waals surface area (Å²) in [6, 6.07) is 9.02. The molecule has 3 rings (SSSR count).